The van der Waals surface area contributed by atoms with Crippen molar-refractivity contribution in [2.75, 3.05) is 5.73 Å². The molecule has 2 aromatic heterocycles. The third-order valence-electron chi connectivity index (χ3n) is 2.33. The van der Waals surface area contributed by atoms with Crippen LogP contribution in [0.15, 0.2) is 27.2 Å². The molecule has 15 heavy (non-hydrogen) atoms. The molecule has 4 nitrogen and oxygen atoms in total. The van der Waals surface area contributed by atoms with Gasteiger partial charge in [0.15, 0.2) is 0 Å². The molecule has 0 aliphatic rings. The fourth-order valence-electron chi connectivity index (χ4n) is 1.46. The normalized spacial score (nSPS) is 13.0. The Morgan fingerprint density at radius 1 is 1.53 bits per heavy atom. The van der Waals surface area contributed by atoms with Gasteiger partial charge in [-0.15, -0.1) is 0 Å². The molecule has 80 valence electrons. The first-order valence-corrected chi connectivity index (χ1v) is 5.43. The summed E-state index contributed by atoms with van der Waals surface area (Å²) in [5.74, 6) is 2.35. The Labute approximate surface area is 96.2 Å². The minimum absolute atomic E-state index is 0.00463. The first-order valence-electron chi connectivity index (χ1n) is 4.64. The zero-order chi connectivity index (χ0) is 11.0. The number of anilines is 1. The SMILES string of the molecule is Cc1ccc(C(C)n2ncc(Br)c2N)o1. The van der Waals surface area contributed by atoms with Gasteiger partial charge >= 0.3 is 0 Å². The molecule has 0 spiro atoms. The molecule has 0 fully saturated rings. The smallest absolute Gasteiger partial charge is 0.136 e. The first kappa shape index (κ1) is 10.3. The van der Waals surface area contributed by atoms with Crippen molar-refractivity contribution in [3.8, 4) is 0 Å². The summed E-state index contributed by atoms with van der Waals surface area (Å²) in [4.78, 5) is 0. The summed E-state index contributed by atoms with van der Waals surface area (Å²) in [6.07, 6.45) is 1.68. The Balaban J connectivity index is 2.36. The predicted octanol–water partition coefficient (Wildman–Crippen LogP) is 2.74. The highest BCUT2D eigenvalue weighted by atomic mass is 79.9. The van der Waals surface area contributed by atoms with Gasteiger partial charge in [0.2, 0.25) is 0 Å². The molecule has 2 heterocycles. The van der Waals surface area contributed by atoms with E-state index in [1.807, 2.05) is 26.0 Å². The highest BCUT2D eigenvalue weighted by molar-refractivity contribution is 9.10. The maximum atomic E-state index is 5.86. The molecule has 2 aromatic rings. The number of aryl methyl sites for hydroxylation is 1. The van der Waals surface area contributed by atoms with Crippen molar-refractivity contribution in [1.29, 1.82) is 0 Å². The van der Waals surface area contributed by atoms with Crippen molar-refractivity contribution in [1.82, 2.24) is 9.78 Å². The lowest BCUT2D eigenvalue weighted by molar-refractivity contribution is 0.414. The molecular weight excluding hydrogens is 258 g/mol. The monoisotopic (exact) mass is 269 g/mol. The second kappa shape index (κ2) is 3.73. The number of nitrogens with two attached hydrogens (primary N) is 1. The Morgan fingerprint density at radius 3 is 2.73 bits per heavy atom. The lowest BCUT2D eigenvalue weighted by Gasteiger charge is -2.11. The standard InChI is InChI=1S/C10H12BrN3O/c1-6-3-4-9(15-6)7(2)14-10(12)8(11)5-13-14/h3-5,7H,12H2,1-2H3. The van der Waals surface area contributed by atoms with E-state index in [1.54, 1.807) is 10.9 Å². The van der Waals surface area contributed by atoms with Gasteiger partial charge in [-0.25, -0.2) is 4.68 Å². The minimum atomic E-state index is 0.00463. The number of halogens is 1. The van der Waals surface area contributed by atoms with Gasteiger partial charge in [0.25, 0.3) is 0 Å². The Morgan fingerprint density at radius 2 is 2.27 bits per heavy atom. The average Bonchev–Trinajstić information content (AvgIpc) is 2.75. The Hall–Kier alpha value is -1.23. The van der Waals surface area contributed by atoms with Crippen molar-refractivity contribution in [2.45, 2.75) is 19.9 Å². The molecule has 0 aliphatic heterocycles. The number of nitrogens with zero attached hydrogens (tertiary/aromatic N) is 2. The van der Waals surface area contributed by atoms with Crippen LogP contribution in [0, 0.1) is 6.92 Å². The van der Waals surface area contributed by atoms with Crippen LogP contribution in [0.25, 0.3) is 0 Å². The average molecular weight is 270 g/mol. The number of furan rings is 1. The van der Waals surface area contributed by atoms with Crippen molar-refractivity contribution in [3.05, 3.63) is 34.3 Å². The van der Waals surface area contributed by atoms with Gasteiger partial charge in [-0.05, 0) is 41.9 Å². The molecule has 0 saturated heterocycles. The molecule has 0 saturated carbocycles. The maximum absolute atomic E-state index is 5.86. The van der Waals surface area contributed by atoms with Crippen LogP contribution < -0.4 is 5.73 Å². The van der Waals surface area contributed by atoms with Gasteiger partial charge in [-0.1, -0.05) is 0 Å². The number of aromatic nitrogens is 2. The number of hydrogen-bond acceptors (Lipinski definition) is 3. The third-order valence-corrected chi connectivity index (χ3v) is 2.94. The predicted molar refractivity (Wildman–Crippen MR) is 61.6 cm³/mol. The molecule has 2 N–H and O–H groups in total. The minimum Gasteiger partial charge on any atom is -0.464 e. The first-order chi connectivity index (χ1) is 7.09. The van der Waals surface area contributed by atoms with Gasteiger partial charge in [-0.3, -0.25) is 0 Å². The van der Waals surface area contributed by atoms with Gasteiger partial charge < -0.3 is 10.2 Å². The maximum Gasteiger partial charge on any atom is 0.136 e. The summed E-state index contributed by atoms with van der Waals surface area (Å²) >= 11 is 3.32. The summed E-state index contributed by atoms with van der Waals surface area (Å²) in [7, 11) is 0. The molecule has 0 radical (unpaired) electrons. The van der Waals surface area contributed by atoms with Crippen LogP contribution in [0.1, 0.15) is 24.5 Å². The van der Waals surface area contributed by atoms with E-state index >= 15 is 0 Å². The second-order valence-corrected chi connectivity index (χ2v) is 4.30. The largest absolute Gasteiger partial charge is 0.464 e. The van der Waals surface area contributed by atoms with Crippen LogP contribution in [0.2, 0.25) is 0 Å². The van der Waals surface area contributed by atoms with E-state index in [1.165, 1.54) is 0 Å². The fraction of sp³-hybridized carbons (Fsp3) is 0.300. The van der Waals surface area contributed by atoms with Gasteiger partial charge in [0.1, 0.15) is 23.4 Å². The molecule has 1 unspecified atom stereocenters. The van der Waals surface area contributed by atoms with E-state index in [-0.39, 0.29) is 6.04 Å². The summed E-state index contributed by atoms with van der Waals surface area (Å²) < 4.78 is 8.06. The molecule has 1 atom stereocenters. The van der Waals surface area contributed by atoms with Crippen LogP contribution in [-0.2, 0) is 0 Å². The fourth-order valence-corrected chi connectivity index (χ4v) is 1.73. The molecule has 2 rings (SSSR count). The van der Waals surface area contributed by atoms with E-state index < -0.39 is 0 Å². The third kappa shape index (κ3) is 1.79. The van der Waals surface area contributed by atoms with Crippen LogP contribution in [0.3, 0.4) is 0 Å². The number of hydrogen-bond donors (Lipinski definition) is 1. The molecular formula is C10H12BrN3O. The van der Waals surface area contributed by atoms with Crippen molar-refractivity contribution < 1.29 is 4.42 Å². The summed E-state index contributed by atoms with van der Waals surface area (Å²) in [5, 5.41) is 4.19. The highest BCUT2D eigenvalue weighted by Crippen LogP contribution is 2.26. The van der Waals surface area contributed by atoms with Crippen LogP contribution >= 0.6 is 15.9 Å². The lowest BCUT2D eigenvalue weighted by atomic mass is 10.2. The van der Waals surface area contributed by atoms with Gasteiger partial charge in [0, 0.05) is 0 Å². The summed E-state index contributed by atoms with van der Waals surface area (Å²) in [6.45, 7) is 3.91. The zero-order valence-electron chi connectivity index (χ0n) is 8.57. The van der Waals surface area contributed by atoms with E-state index in [2.05, 4.69) is 21.0 Å². The molecule has 0 aromatic carbocycles. The van der Waals surface area contributed by atoms with E-state index in [0.717, 1.165) is 16.0 Å². The quantitative estimate of drug-likeness (QED) is 0.912. The van der Waals surface area contributed by atoms with E-state index in [4.69, 9.17) is 10.2 Å². The second-order valence-electron chi connectivity index (χ2n) is 3.45. The topological polar surface area (TPSA) is 57.0 Å². The van der Waals surface area contributed by atoms with Crippen molar-refractivity contribution >= 4 is 21.7 Å². The Kier molecular flexibility index (Phi) is 2.56. The van der Waals surface area contributed by atoms with Crippen molar-refractivity contribution in [3.63, 3.8) is 0 Å². The zero-order valence-corrected chi connectivity index (χ0v) is 10.2. The van der Waals surface area contributed by atoms with Crippen molar-refractivity contribution in [2.24, 2.45) is 0 Å². The van der Waals surface area contributed by atoms with E-state index in [0.29, 0.717) is 5.82 Å². The van der Waals surface area contributed by atoms with E-state index in [9.17, 15) is 0 Å². The molecule has 5 heteroatoms. The van der Waals surface area contributed by atoms with Gasteiger partial charge in [0.05, 0.1) is 10.7 Å². The number of nitrogen functional groups attached to an aromatic ring is 1. The number of rotatable bonds is 2. The highest BCUT2D eigenvalue weighted by Gasteiger charge is 2.16. The lowest BCUT2D eigenvalue weighted by Crippen LogP contribution is -2.10. The molecule has 0 aliphatic carbocycles. The van der Waals surface area contributed by atoms with Crippen LogP contribution in [0.4, 0.5) is 5.82 Å². The molecule has 0 bridgehead atoms. The molecule has 0 amide bonds. The Bertz CT molecular complexity index is 475. The van der Waals surface area contributed by atoms with Crippen LogP contribution in [0.5, 0.6) is 0 Å². The van der Waals surface area contributed by atoms with Crippen LogP contribution in [-0.4, -0.2) is 9.78 Å². The van der Waals surface area contributed by atoms with Gasteiger partial charge in [-0.2, -0.15) is 5.10 Å². The summed E-state index contributed by atoms with van der Waals surface area (Å²) in [5.41, 5.74) is 5.86. The summed E-state index contributed by atoms with van der Waals surface area (Å²) in [6, 6.07) is 3.88.